The zero-order valence-electron chi connectivity index (χ0n) is 12.3. The maximum absolute atomic E-state index is 12.0. The van der Waals surface area contributed by atoms with Crippen molar-refractivity contribution >= 4 is 15.9 Å². The molecule has 0 bridgehead atoms. The van der Waals surface area contributed by atoms with Crippen LogP contribution >= 0.6 is 0 Å². The number of nitrogens with one attached hydrogen (secondary N) is 2. The monoisotopic (exact) mass is 323 g/mol. The molecule has 1 amide bonds. The zero-order valence-corrected chi connectivity index (χ0v) is 13.1. The highest BCUT2D eigenvalue weighted by Crippen LogP contribution is 2.31. The first-order valence-electron chi connectivity index (χ1n) is 7.18. The molecule has 2 rings (SSSR count). The second kappa shape index (κ2) is 7.04. The van der Waals surface area contributed by atoms with E-state index in [-0.39, 0.29) is 23.4 Å². The van der Waals surface area contributed by atoms with Crippen LogP contribution in [0.3, 0.4) is 0 Å². The molecule has 7 heteroatoms. The van der Waals surface area contributed by atoms with Crippen LogP contribution in [0.5, 0.6) is 0 Å². The van der Waals surface area contributed by atoms with E-state index in [0.717, 1.165) is 12.8 Å². The Bertz CT molecular complexity index is 637. The molecule has 120 valence electrons. The molecule has 6 nitrogen and oxygen atoms in total. The van der Waals surface area contributed by atoms with Gasteiger partial charge in [-0.05, 0) is 43.0 Å². The van der Waals surface area contributed by atoms with Gasteiger partial charge in [0, 0.05) is 24.7 Å². The molecule has 0 spiro atoms. The molecular weight excluding hydrogens is 302 g/mol. The van der Waals surface area contributed by atoms with Gasteiger partial charge in [-0.15, -0.1) is 6.58 Å². The Morgan fingerprint density at radius 1 is 1.36 bits per heavy atom. The van der Waals surface area contributed by atoms with E-state index in [0.29, 0.717) is 18.0 Å². The predicted molar refractivity (Wildman–Crippen MR) is 84.9 cm³/mol. The first-order valence-corrected chi connectivity index (χ1v) is 8.67. The van der Waals surface area contributed by atoms with E-state index in [1.807, 2.05) is 0 Å². The molecule has 22 heavy (non-hydrogen) atoms. The van der Waals surface area contributed by atoms with Crippen molar-refractivity contribution in [2.45, 2.75) is 23.8 Å². The number of carbonyl (C=O) groups excluding carboxylic acids is 1. The number of hydrogen-bond donors (Lipinski definition) is 3. The summed E-state index contributed by atoms with van der Waals surface area (Å²) in [4.78, 5) is 12.1. The summed E-state index contributed by atoms with van der Waals surface area (Å²) in [5.74, 6) is 0.267. The van der Waals surface area contributed by atoms with Gasteiger partial charge < -0.3 is 11.1 Å². The van der Waals surface area contributed by atoms with Crippen LogP contribution in [0.1, 0.15) is 23.2 Å². The van der Waals surface area contributed by atoms with Crippen molar-refractivity contribution in [3.63, 3.8) is 0 Å². The summed E-state index contributed by atoms with van der Waals surface area (Å²) >= 11 is 0. The van der Waals surface area contributed by atoms with Gasteiger partial charge in [0.05, 0.1) is 4.90 Å². The molecule has 1 aromatic carbocycles. The molecule has 0 heterocycles. The highest BCUT2D eigenvalue weighted by atomic mass is 32.2. The fourth-order valence-corrected chi connectivity index (χ4v) is 3.04. The summed E-state index contributed by atoms with van der Waals surface area (Å²) in [7, 11) is -3.57. The largest absolute Gasteiger partial charge is 0.350 e. The van der Waals surface area contributed by atoms with Crippen molar-refractivity contribution in [2.75, 3.05) is 13.1 Å². The summed E-state index contributed by atoms with van der Waals surface area (Å²) in [6.45, 7) is 4.05. The van der Waals surface area contributed by atoms with E-state index >= 15 is 0 Å². The van der Waals surface area contributed by atoms with Crippen molar-refractivity contribution < 1.29 is 13.2 Å². The number of amides is 1. The quantitative estimate of drug-likeness (QED) is 0.610. The topological polar surface area (TPSA) is 101 Å². The minimum atomic E-state index is -3.57. The Morgan fingerprint density at radius 3 is 2.55 bits per heavy atom. The fourth-order valence-electron chi connectivity index (χ4n) is 2.04. The van der Waals surface area contributed by atoms with Gasteiger partial charge in [0.1, 0.15) is 0 Å². The molecule has 1 aliphatic rings. The van der Waals surface area contributed by atoms with E-state index in [1.54, 1.807) is 0 Å². The smallest absolute Gasteiger partial charge is 0.251 e. The third-order valence-electron chi connectivity index (χ3n) is 3.57. The standard InChI is InChI=1S/C15H21N3O3S/c1-2-9-18-22(20,21)13-7-5-12(6-8-13)15(19)17-10-14(16)11-3-4-11/h2,5-8,11,14,18H,1,3-4,9-10,16H2,(H,17,19). The first-order chi connectivity index (χ1) is 10.4. The molecular formula is C15H21N3O3S. The second-order valence-corrected chi connectivity index (χ2v) is 7.14. The average Bonchev–Trinajstić information content (AvgIpc) is 3.35. The third kappa shape index (κ3) is 4.40. The molecule has 1 unspecified atom stereocenters. The average molecular weight is 323 g/mol. The number of sulfonamides is 1. The van der Waals surface area contributed by atoms with Crippen molar-refractivity contribution in [3.8, 4) is 0 Å². The minimum absolute atomic E-state index is 0.00768. The molecule has 1 atom stereocenters. The van der Waals surface area contributed by atoms with Crippen LogP contribution in [-0.4, -0.2) is 33.5 Å². The van der Waals surface area contributed by atoms with Gasteiger partial charge in [-0.25, -0.2) is 13.1 Å². The highest BCUT2D eigenvalue weighted by Gasteiger charge is 2.28. The van der Waals surface area contributed by atoms with E-state index in [9.17, 15) is 13.2 Å². The second-order valence-electron chi connectivity index (χ2n) is 5.38. The molecule has 1 aliphatic carbocycles. The minimum Gasteiger partial charge on any atom is -0.350 e. The first kappa shape index (κ1) is 16.7. The Balaban J connectivity index is 1.95. The number of benzene rings is 1. The SMILES string of the molecule is C=CCNS(=O)(=O)c1ccc(C(=O)NCC(N)C2CC2)cc1. The lowest BCUT2D eigenvalue weighted by molar-refractivity contribution is 0.0950. The summed E-state index contributed by atoms with van der Waals surface area (Å²) in [6.07, 6.45) is 3.71. The lowest BCUT2D eigenvalue weighted by Crippen LogP contribution is -2.38. The van der Waals surface area contributed by atoms with Crippen LogP contribution in [0, 0.1) is 5.92 Å². The number of carbonyl (C=O) groups is 1. The molecule has 0 saturated heterocycles. The summed E-state index contributed by atoms with van der Waals surface area (Å²) < 4.78 is 26.2. The summed E-state index contributed by atoms with van der Waals surface area (Å²) in [6, 6.07) is 5.77. The number of hydrogen-bond acceptors (Lipinski definition) is 4. The van der Waals surface area contributed by atoms with Crippen LogP contribution in [-0.2, 0) is 10.0 Å². The molecule has 1 aromatic rings. The van der Waals surface area contributed by atoms with Crippen LogP contribution in [0.25, 0.3) is 0 Å². The number of rotatable bonds is 8. The van der Waals surface area contributed by atoms with Crippen molar-refractivity contribution in [3.05, 3.63) is 42.5 Å². The summed E-state index contributed by atoms with van der Waals surface area (Å²) in [5.41, 5.74) is 6.33. The maximum atomic E-state index is 12.0. The van der Waals surface area contributed by atoms with E-state index in [2.05, 4.69) is 16.6 Å². The van der Waals surface area contributed by atoms with Gasteiger partial charge in [-0.1, -0.05) is 6.08 Å². The van der Waals surface area contributed by atoms with Gasteiger partial charge in [0.15, 0.2) is 0 Å². The molecule has 0 aromatic heterocycles. The van der Waals surface area contributed by atoms with Crippen LogP contribution < -0.4 is 15.8 Å². The zero-order chi connectivity index (χ0) is 16.2. The molecule has 1 saturated carbocycles. The lowest BCUT2D eigenvalue weighted by Gasteiger charge is -2.12. The molecule has 0 radical (unpaired) electrons. The normalized spacial score (nSPS) is 16.0. The van der Waals surface area contributed by atoms with Gasteiger partial charge in [0.2, 0.25) is 10.0 Å². The maximum Gasteiger partial charge on any atom is 0.251 e. The van der Waals surface area contributed by atoms with Crippen molar-refractivity contribution in [1.82, 2.24) is 10.0 Å². The van der Waals surface area contributed by atoms with Crippen LogP contribution in [0.2, 0.25) is 0 Å². The Labute approximate surface area is 130 Å². The van der Waals surface area contributed by atoms with E-state index in [4.69, 9.17) is 5.73 Å². The van der Waals surface area contributed by atoms with Gasteiger partial charge >= 0.3 is 0 Å². The fraction of sp³-hybridized carbons (Fsp3) is 0.400. The molecule has 1 fully saturated rings. The lowest BCUT2D eigenvalue weighted by atomic mass is 10.2. The summed E-state index contributed by atoms with van der Waals surface area (Å²) in [5, 5.41) is 2.77. The van der Waals surface area contributed by atoms with Crippen LogP contribution in [0.4, 0.5) is 0 Å². The van der Waals surface area contributed by atoms with Gasteiger partial charge in [-0.2, -0.15) is 0 Å². The predicted octanol–water partition coefficient (Wildman–Crippen LogP) is 0.618. The Hall–Kier alpha value is -1.70. The molecule has 4 N–H and O–H groups in total. The van der Waals surface area contributed by atoms with Crippen LogP contribution in [0.15, 0.2) is 41.8 Å². The Morgan fingerprint density at radius 2 is 2.00 bits per heavy atom. The highest BCUT2D eigenvalue weighted by molar-refractivity contribution is 7.89. The van der Waals surface area contributed by atoms with E-state index < -0.39 is 10.0 Å². The van der Waals surface area contributed by atoms with Crippen molar-refractivity contribution in [1.29, 1.82) is 0 Å². The van der Waals surface area contributed by atoms with Gasteiger partial charge in [0.25, 0.3) is 5.91 Å². The third-order valence-corrected chi connectivity index (χ3v) is 5.01. The molecule has 0 aliphatic heterocycles. The van der Waals surface area contributed by atoms with Gasteiger partial charge in [-0.3, -0.25) is 4.79 Å². The number of nitrogens with two attached hydrogens (primary N) is 1. The Kier molecular flexibility index (Phi) is 5.33. The van der Waals surface area contributed by atoms with E-state index in [1.165, 1.54) is 30.3 Å². The van der Waals surface area contributed by atoms with Crippen molar-refractivity contribution in [2.24, 2.45) is 11.7 Å².